The largest absolute Gasteiger partial charge is 0.329 e. The molecule has 1 aromatic carbocycles. The second kappa shape index (κ2) is 7.55. The van der Waals surface area contributed by atoms with Gasteiger partial charge in [0, 0.05) is 26.2 Å². The van der Waals surface area contributed by atoms with E-state index in [2.05, 4.69) is 56.9 Å². The minimum Gasteiger partial charge on any atom is -0.329 e. The first-order valence-corrected chi connectivity index (χ1v) is 7.04. The first-order chi connectivity index (χ1) is 8.52. The van der Waals surface area contributed by atoms with Crippen LogP contribution in [0.15, 0.2) is 24.3 Å². The molecule has 2 N–H and O–H groups in total. The van der Waals surface area contributed by atoms with Crippen molar-refractivity contribution in [3.05, 3.63) is 35.4 Å². The van der Waals surface area contributed by atoms with E-state index in [-0.39, 0.29) is 0 Å². The summed E-state index contributed by atoms with van der Waals surface area (Å²) in [6.45, 7) is 12.8. The molecule has 2 nitrogen and oxygen atoms in total. The van der Waals surface area contributed by atoms with E-state index in [1.54, 1.807) is 0 Å². The zero-order valence-corrected chi connectivity index (χ0v) is 12.3. The smallest absolute Gasteiger partial charge is 0.0234 e. The summed E-state index contributed by atoms with van der Waals surface area (Å²) in [6.07, 6.45) is 0. The molecule has 0 saturated heterocycles. The van der Waals surface area contributed by atoms with Crippen molar-refractivity contribution in [3.8, 4) is 0 Å². The molecule has 0 bridgehead atoms. The lowest BCUT2D eigenvalue weighted by atomic mass is 10.0. The van der Waals surface area contributed by atoms with Crippen LogP contribution in [0.2, 0.25) is 0 Å². The van der Waals surface area contributed by atoms with Crippen molar-refractivity contribution in [1.82, 2.24) is 4.90 Å². The highest BCUT2D eigenvalue weighted by atomic mass is 15.1. The van der Waals surface area contributed by atoms with Gasteiger partial charge in [-0.25, -0.2) is 0 Å². The molecule has 0 aromatic heterocycles. The SMILES string of the molecule is CC(C)CN(CCN)Cc1ccc(C(C)C)cc1. The average molecular weight is 248 g/mol. The summed E-state index contributed by atoms with van der Waals surface area (Å²) in [5, 5.41) is 0. The molecule has 0 spiro atoms. The predicted molar refractivity (Wildman–Crippen MR) is 79.7 cm³/mol. The van der Waals surface area contributed by atoms with Crippen LogP contribution in [0.1, 0.15) is 44.7 Å². The Balaban J connectivity index is 2.62. The van der Waals surface area contributed by atoms with Crippen LogP contribution in [0.5, 0.6) is 0 Å². The summed E-state index contributed by atoms with van der Waals surface area (Å²) in [5.74, 6) is 1.29. The molecule has 0 atom stereocenters. The van der Waals surface area contributed by atoms with Crippen molar-refractivity contribution in [1.29, 1.82) is 0 Å². The van der Waals surface area contributed by atoms with Crippen LogP contribution in [-0.2, 0) is 6.54 Å². The Labute approximate surface area is 112 Å². The third-order valence-electron chi connectivity index (χ3n) is 3.12. The fourth-order valence-electron chi connectivity index (χ4n) is 2.20. The zero-order valence-electron chi connectivity index (χ0n) is 12.3. The van der Waals surface area contributed by atoms with Gasteiger partial charge in [0.2, 0.25) is 0 Å². The standard InChI is InChI=1S/C16H28N2/c1-13(2)11-18(10-9-17)12-15-5-7-16(8-6-15)14(3)4/h5-8,13-14H,9-12,17H2,1-4H3. The molecule has 0 heterocycles. The third kappa shape index (κ3) is 5.19. The second-order valence-electron chi connectivity index (χ2n) is 5.81. The maximum atomic E-state index is 5.68. The number of benzene rings is 1. The van der Waals surface area contributed by atoms with Crippen molar-refractivity contribution in [2.75, 3.05) is 19.6 Å². The van der Waals surface area contributed by atoms with E-state index < -0.39 is 0 Å². The van der Waals surface area contributed by atoms with Crippen LogP contribution in [0, 0.1) is 5.92 Å². The number of nitrogens with two attached hydrogens (primary N) is 1. The highest BCUT2D eigenvalue weighted by Crippen LogP contribution is 2.15. The Bertz CT molecular complexity index is 327. The average Bonchev–Trinajstić information content (AvgIpc) is 2.29. The summed E-state index contributed by atoms with van der Waals surface area (Å²) in [7, 11) is 0. The van der Waals surface area contributed by atoms with Crippen molar-refractivity contribution >= 4 is 0 Å². The van der Waals surface area contributed by atoms with Gasteiger partial charge in [-0.1, -0.05) is 52.0 Å². The van der Waals surface area contributed by atoms with Crippen LogP contribution in [-0.4, -0.2) is 24.5 Å². The third-order valence-corrected chi connectivity index (χ3v) is 3.12. The lowest BCUT2D eigenvalue weighted by molar-refractivity contribution is 0.242. The summed E-state index contributed by atoms with van der Waals surface area (Å²) >= 11 is 0. The van der Waals surface area contributed by atoms with Crippen molar-refractivity contribution < 1.29 is 0 Å². The fraction of sp³-hybridized carbons (Fsp3) is 0.625. The molecule has 0 aliphatic rings. The Morgan fingerprint density at radius 2 is 1.67 bits per heavy atom. The van der Waals surface area contributed by atoms with Crippen molar-refractivity contribution in [2.45, 2.75) is 40.2 Å². The van der Waals surface area contributed by atoms with E-state index in [9.17, 15) is 0 Å². The van der Waals surface area contributed by atoms with E-state index in [0.29, 0.717) is 11.8 Å². The molecular weight excluding hydrogens is 220 g/mol. The van der Waals surface area contributed by atoms with E-state index in [1.807, 2.05) is 0 Å². The first-order valence-electron chi connectivity index (χ1n) is 7.04. The van der Waals surface area contributed by atoms with Gasteiger partial charge in [0.05, 0.1) is 0 Å². The van der Waals surface area contributed by atoms with Gasteiger partial charge >= 0.3 is 0 Å². The van der Waals surface area contributed by atoms with Crippen LogP contribution in [0.3, 0.4) is 0 Å². The quantitative estimate of drug-likeness (QED) is 0.802. The molecule has 1 aromatic rings. The fourth-order valence-corrected chi connectivity index (χ4v) is 2.20. The molecule has 0 saturated carbocycles. The summed E-state index contributed by atoms with van der Waals surface area (Å²) in [4.78, 5) is 2.44. The highest BCUT2D eigenvalue weighted by Gasteiger charge is 2.07. The zero-order chi connectivity index (χ0) is 13.5. The van der Waals surface area contributed by atoms with Crippen LogP contribution < -0.4 is 5.73 Å². The summed E-state index contributed by atoms with van der Waals surface area (Å²) < 4.78 is 0. The van der Waals surface area contributed by atoms with Gasteiger partial charge in [0.25, 0.3) is 0 Å². The molecule has 102 valence electrons. The molecule has 0 aliphatic heterocycles. The number of hydrogen-bond acceptors (Lipinski definition) is 2. The molecule has 0 fully saturated rings. The van der Waals surface area contributed by atoms with Gasteiger partial charge in [-0.15, -0.1) is 0 Å². The van der Waals surface area contributed by atoms with Crippen LogP contribution in [0.25, 0.3) is 0 Å². The van der Waals surface area contributed by atoms with Gasteiger partial charge in [0.15, 0.2) is 0 Å². The highest BCUT2D eigenvalue weighted by molar-refractivity contribution is 5.24. The van der Waals surface area contributed by atoms with Crippen molar-refractivity contribution in [2.24, 2.45) is 11.7 Å². The molecule has 0 radical (unpaired) electrons. The molecule has 2 heteroatoms. The number of rotatable bonds is 7. The van der Waals surface area contributed by atoms with Gasteiger partial charge in [-0.2, -0.15) is 0 Å². The molecule has 0 aliphatic carbocycles. The Morgan fingerprint density at radius 1 is 1.06 bits per heavy atom. The van der Waals surface area contributed by atoms with E-state index in [4.69, 9.17) is 5.73 Å². The maximum Gasteiger partial charge on any atom is 0.0234 e. The molecule has 18 heavy (non-hydrogen) atoms. The number of hydrogen-bond donors (Lipinski definition) is 1. The van der Waals surface area contributed by atoms with Gasteiger partial charge in [0.1, 0.15) is 0 Å². The second-order valence-corrected chi connectivity index (χ2v) is 5.81. The predicted octanol–water partition coefficient (Wildman–Crippen LogP) is 3.23. The lowest BCUT2D eigenvalue weighted by Crippen LogP contribution is -2.32. The molecule has 1 rings (SSSR count). The molecule has 0 unspecified atom stereocenters. The van der Waals surface area contributed by atoms with Gasteiger partial charge in [-0.3, -0.25) is 4.90 Å². The van der Waals surface area contributed by atoms with E-state index in [1.165, 1.54) is 11.1 Å². The van der Waals surface area contributed by atoms with E-state index >= 15 is 0 Å². The van der Waals surface area contributed by atoms with E-state index in [0.717, 1.165) is 26.2 Å². The van der Waals surface area contributed by atoms with Gasteiger partial charge < -0.3 is 5.73 Å². The van der Waals surface area contributed by atoms with Gasteiger partial charge in [-0.05, 0) is 23.0 Å². The Hall–Kier alpha value is -0.860. The lowest BCUT2D eigenvalue weighted by Gasteiger charge is -2.23. The molecule has 0 amide bonds. The monoisotopic (exact) mass is 248 g/mol. The minimum absolute atomic E-state index is 0.606. The maximum absolute atomic E-state index is 5.68. The summed E-state index contributed by atoms with van der Waals surface area (Å²) in [6, 6.07) is 8.99. The molecular formula is C16H28N2. The number of nitrogens with zero attached hydrogens (tertiary/aromatic N) is 1. The Morgan fingerprint density at radius 3 is 2.11 bits per heavy atom. The summed E-state index contributed by atoms with van der Waals surface area (Å²) in [5.41, 5.74) is 8.47. The van der Waals surface area contributed by atoms with Crippen molar-refractivity contribution in [3.63, 3.8) is 0 Å². The first kappa shape index (κ1) is 15.2. The van der Waals surface area contributed by atoms with Crippen LogP contribution in [0.4, 0.5) is 0 Å². The van der Waals surface area contributed by atoms with Crippen LogP contribution >= 0.6 is 0 Å². The Kier molecular flexibility index (Phi) is 6.37. The topological polar surface area (TPSA) is 29.3 Å². The minimum atomic E-state index is 0.606. The normalized spacial score (nSPS) is 11.8.